The van der Waals surface area contributed by atoms with Crippen molar-refractivity contribution in [1.29, 1.82) is 0 Å². The predicted molar refractivity (Wildman–Crippen MR) is 106 cm³/mol. The van der Waals surface area contributed by atoms with E-state index in [0.29, 0.717) is 5.78 Å². The van der Waals surface area contributed by atoms with Gasteiger partial charge in [0.2, 0.25) is 5.78 Å². The second-order valence-electron chi connectivity index (χ2n) is 7.20. The maximum Gasteiger partial charge on any atom is 0.333 e. The molecule has 0 aliphatic heterocycles. The van der Waals surface area contributed by atoms with E-state index in [1.807, 2.05) is 48.9 Å². The number of carbonyl (C=O) groups is 1. The maximum absolute atomic E-state index is 13.2. The fraction of sp³-hybridized carbons (Fsp3) is 0.300. The lowest BCUT2D eigenvalue weighted by Gasteiger charge is -2.12. The standard InChI is InChI=1S/C20H21N5O3/c1-11-6-8-15(9-7-11)24-12(2)10-23-16-17(21-19(23)24)22(5)20(28)25(18(16)27)13(3)14(4)26/h6-10,13H,1-5H3. The van der Waals surface area contributed by atoms with Crippen LogP contribution in [0.25, 0.3) is 22.6 Å². The molecular weight excluding hydrogens is 358 g/mol. The number of hydrogen-bond donors (Lipinski definition) is 0. The summed E-state index contributed by atoms with van der Waals surface area (Å²) >= 11 is 0. The molecule has 0 saturated heterocycles. The van der Waals surface area contributed by atoms with Crippen molar-refractivity contribution in [3.63, 3.8) is 0 Å². The number of rotatable bonds is 3. The van der Waals surface area contributed by atoms with E-state index in [0.717, 1.165) is 21.5 Å². The number of ketones is 1. The smallest absolute Gasteiger partial charge is 0.298 e. The van der Waals surface area contributed by atoms with E-state index >= 15 is 0 Å². The van der Waals surface area contributed by atoms with Gasteiger partial charge in [-0.05, 0) is 39.8 Å². The van der Waals surface area contributed by atoms with Crippen LogP contribution in [0.3, 0.4) is 0 Å². The molecule has 0 amide bonds. The zero-order valence-corrected chi connectivity index (χ0v) is 16.4. The molecule has 0 N–H and O–H groups in total. The SMILES string of the molecule is CC(=O)C(C)n1c(=O)c2c(nc3n(-c4ccc(C)cc4)c(C)cn23)n(C)c1=O. The molecule has 1 unspecified atom stereocenters. The molecule has 0 radical (unpaired) electrons. The van der Waals surface area contributed by atoms with E-state index in [1.54, 1.807) is 18.4 Å². The van der Waals surface area contributed by atoms with Gasteiger partial charge in [-0.15, -0.1) is 0 Å². The number of imidazole rings is 2. The Kier molecular flexibility index (Phi) is 3.88. The second kappa shape index (κ2) is 6.05. The minimum atomic E-state index is -0.846. The van der Waals surface area contributed by atoms with Gasteiger partial charge in [0.15, 0.2) is 16.9 Å². The van der Waals surface area contributed by atoms with Crippen LogP contribution in [0.1, 0.15) is 31.1 Å². The lowest BCUT2D eigenvalue weighted by Crippen LogP contribution is -2.42. The van der Waals surface area contributed by atoms with Gasteiger partial charge in [-0.25, -0.2) is 9.36 Å². The summed E-state index contributed by atoms with van der Waals surface area (Å²) in [5.41, 5.74) is 2.44. The van der Waals surface area contributed by atoms with Gasteiger partial charge in [-0.2, -0.15) is 4.98 Å². The summed E-state index contributed by atoms with van der Waals surface area (Å²) in [7, 11) is 1.56. The molecule has 0 spiro atoms. The van der Waals surface area contributed by atoms with E-state index in [4.69, 9.17) is 0 Å². The summed E-state index contributed by atoms with van der Waals surface area (Å²) in [5, 5.41) is 0. The second-order valence-corrected chi connectivity index (χ2v) is 7.20. The van der Waals surface area contributed by atoms with Crippen LogP contribution in [0, 0.1) is 13.8 Å². The molecule has 0 bridgehead atoms. The topological polar surface area (TPSA) is 83.3 Å². The highest BCUT2D eigenvalue weighted by Gasteiger charge is 2.24. The monoisotopic (exact) mass is 379 g/mol. The molecule has 8 heteroatoms. The zero-order chi connectivity index (χ0) is 20.3. The number of aromatic nitrogens is 5. The fourth-order valence-corrected chi connectivity index (χ4v) is 3.51. The van der Waals surface area contributed by atoms with Crippen LogP contribution in [0.15, 0.2) is 40.1 Å². The average molecular weight is 379 g/mol. The molecule has 1 aromatic carbocycles. The van der Waals surface area contributed by atoms with E-state index in [-0.39, 0.29) is 16.9 Å². The quantitative estimate of drug-likeness (QED) is 0.544. The minimum absolute atomic E-state index is 0.257. The average Bonchev–Trinajstić information content (AvgIpc) is 3.15. The van der Waals surface area contributed by atoms with Crippen molar-refractivity contribution < 1.29 is 4.79 Å². The Morgan fingerprint density at radius 1 is 1.11 bits per heavy atom. The van der Waals surface area contributed by atoms with Crippen LogP contribution in [0.5, 0.6) is 0 Å². The Balaban J connectivity index is 2.14. The molecule has 1 atom stereocenters. The van der Waals surface area contributed by atoms with Gasteiger partial charge in [-0.1, -0.05) is 17.7 Å². The lowest BCUT2D eigenvalue weighted by molar-refractivity contribution is -0.119. The van der Waals surface area contributed by atoms with Crippen molar-refractivity contribution in [2.24, 2.45) is 7.05 Å². The van der Waals surface area contributed by atoms with Gasteiger partial charge in [0.05, 0.1) is 6.04 Å². The fourth-order valence-electron chi connectivity index (χ4n) is 3.51. The summed E-state index contributed by atoms with van der Waals surface area (Å²) in [6, 6.07) is 7.13. The Hall–Kier alpha value is -3.42. The molecule has 3 aromatic heterocycles. The van der Waals surface area contributed by atoms with Crippen molar-refractivity contribution in [2.45, 2.75) is 33.7 Å². The Morgan fingerprint density at radius 3 is 2.36 bits per heavy atom. The molecule has 3 heterocycles. The summed E-state index contributed by atoms with van der Waals surface area (Å²) in [6.45, 7) is 6.86. The first kappa shape index (κ1) is 18.0. The highest BCUT2D eigenvalue weighted by atomic mass is 16.2. The molecule has 0 aliphatic carbocycles. The first-order valence-electron chi connectivity index (χ1n) is 9.01. The molecule has 0 fully saturated rings. The number of aryl methyl sites for hydroxylation is 3. The van der Waals surface area contributed by atoms with Gasteiger partial charge in [0, 0.05) is 24.6 Å². The molecule has 144 valence electrons. The van der Waals surface area contributed by atoms with Crippen LogP contribution >= 0.6 is 0 Å². The predicted octanol–water partition coefficient (Wildman–Crippen LogP) is 1.91. The van der Waals surface area contributed by atoms with E-state index in [2.05, 4.69) is 4.98 Å². The lowest BCUT2D eigenvalue weighted by atomic mass is 10.2. The van der Waals surface area contributed by atoms with Crippen LogP contribution in [0.2, 0.25) is 0 Å². The molecular formula is C20H21N5O3. The molecule has 4 aromatic rings. The number of fused-ring (bicyclic) bond motifs is 3. The zero-order valence-electron chi connectivity index (χ0n) is 16.4. The number of benzene rings is 1. The number of hydrogen-bond acceptors (Lipinski definition) is 4. The molecule has 8 nitrogen and oxygen atoms in total. The van der Waals surface area contributed by atoms with Gasteiger partial charge >= 0.3 is 5.69 Å². The number of carbonyl (C=O) groups excluding carboxylic acids is 1. The summed E-state index contributed by atoms with van der Waals surface area (Å²) < 4.78 is 5.94. The van der Waals surface area contributed by atoms with E-state index < -0.39 is 17.3 Å². The van der Waals surface area contributed by atoms with Crippen LogP contribution in [-0.2, 0) is 11.8 Å². The summed E-state index contributed by atoms with van der Waals surface area (Å²) in [6.07, 6.45) is 1.82. The first-order valence-corrected chi connectivity index (χ1v) is 9.01. The number of Topliss-reactive ketones (excluding diaryl/α,β-unsaturated/α-hetero) is 1. The third kappa shape index (κ3) is 2.37. The van der Waals surface area contributed by atoms with Crippen molar-refractivity contribution in [3.05, 3.63) is 62.6 Å². The van der Waals surface area contributed by atoms with Crippen molar-refractivity contribution in [3.8, 4) is 5.69 Å². The third-order valence-electron chi connectivity index (χ3n) is 5.24. The van der Waals surface area contributed by atoms with Crippen LogP contribution < -0.4 is 11.2 Å². The van der Waals surface area contributed by atoms with Gasteiger partial charge in [0.1, 0.15) is 0 Å². The normalized spacial score (nSPS) is 12.8. The van der Waals surface area contributed by atoms with Crippen molar-refractivity contribution in [2.75, 3.05) is 0 Å². The third-order valence-corrected chi connectivity index (χ3v) is 5.24. The van der Waals surface area contributed by atoms with Gasteiger partial charge in [-0.3, -0.25) is 23.1 Å². The van der Waals surface area contributed by atoms with Crippen LogP contribution in [-0.4, -0.2) is 28.9 Å². The first-order chi connectivity index (χ1) is 13.2. The Labute approximate surface area is 160 Å². The number of nitrogens with zero attached hydrogens (tertiary/aromatic N) is 5. The van der Waals surface area contributed by atoms with Gasteiger partial charge in [0.25, 0.3) is 5.56 Å². The van der Waals surface area contributed by atoms with Gasteiger partial charge < -0.3 is 0 Å². The maximum atomic E-state index is 13.2. The minimum Gasteiger partial charge on any atom is -0.298 e. The molecule has 4 rings (SSSR count). The van der Waals surface area contributed by atoms with Crippen LogP contribution in [0.4, 0.5) is 0 Å². The highest BCUT2D eigenvalue weighted by molar-refractivity contribution is 5.81. The Bertz CT molecular complexity index is 1370. The molecule has 0 saturated carbocycles. The van der Waals surface area contributed by atoms with E-state index in [9.17, 15) is 14.4 Å². The highest BCUT2D eigenvalue weighted by Crippen LogP contribution is 2.21. The summed E-state index contributed by atoms with van der Waals surface area (Å²) in [4.78, 5) is 42.3. The summed E-state index contributed by atoms with van der Waals surface area (Å²) in [5.74, 6) is 0.282. The largest absolute Gasteiger partial charge is 0.333 e. The van der Waals surface area contributed by atoms with E-state index in [1.165, 1.54) is 11.5 Å². The van der Waals surface area contributed by atoms with Crippen molar-refractivity contribution in [1.82, 2.24) is 23.1 Å². The molecule has 0 aliphatic rings. The molecule has 28 heavy (non-hydrogen) atoms. The van der Waals surface area contributed by atoms with Crippen molar-refractivity contribution >= 4 is 22.7 Å². The Morgan fingerprint density at radius 2 is 1.75 bits per heavy atom.